The second-order valence-corrected chi connectivity index (χ2v) is 7.60. The van der Waals surface area contributed by atoms with E-state index in [0.717, 1.165) is 9.13 Å². The monoisotopic (exact) mass is 498 g/mol. The number of methoxy groups -OCH3 is 1. The molecule has 3 aromatic carbocycles. The van der Waals surface area contributed by atoms with Gasteiger partial charge in [-0.15, -0.1) is 0 Å². The third-order valence-corrected chi connectivity index (χ3v) is 5.15. The fourth-order valence-electron chi connectivity index (χ4n) is 3.01. The molecule has 0 bridgehead atoms. The third-order valence-electron chi connectivity index (χ3n) is 4.48. The van der Waals surface area contributed by atoms with Crippen LogP contribution in [-0.4, -0.2) is 16.7 Å². The first-order valence-corrected chi connectivity index (χ1v) is 9.93. The van der Waals surface area contributed by atoms with Gasteiger partial charge in [0, 0.05) is 3.57 Å². The molecule has 0 radical (unpaired) electrons. The van der Waals surface area contributed by atoms with Gasteiger partial charge in [-0.25, -0.2) is 9.37 Å². The number of ether oxygens (including phenoxy) is 1. The van der Waals surface area contributed by atoms with Crippen LogP contribution in [0.5, 0.6) is 5.75 Å². The smallest absolute Gasteiger partial charge is 0.266 e. The molecule has 4 aromatic rings. The molecular formula is C23H16FIN2O2. The number of benzene rings is 3. The summed E-state index contributed by atoms with van der Waals surface area (Å²) in [5, 5.41) is 0.548. The van der Waals surface area contributed by atoms with Crippen LogP contribution in [0.15, 0.2) is 71.5 Å². The van der Waals surface area contributed by atoms with Crippen LogP contribution in [-0.2, 0) is 0 Å². The highest BCUT2D eigenvalue weighted by atomic mass is 127. The van der Waals surface area contributed by atoms with Crippen LogP contribution in [0.1, 0.15) is 11.4 Å². The zero-order chi connectivity index (χ0) is 20.4. The quantitative estimate of drug-likeness (QED) is 0.359. The van der Waals surface area contributed by atoms with E-state index in [1.807, 2.05) is 30.3 Å². The molecule has 0 saturated carbocycles. The molecule has 0 aliphatic carbocycles. The Morgan fingerprint density at radius 3 is 2.41 bits per heavy atom. The van der Waals surface area contributed by atoms with Gasteiger partial charge in [-0.05, 0) is 88.8 Å². The highest BCUT2D eigenvalue weighted by Crippen LogP contribution is 2.19. The predicted octanol–water partition coefficient (Wildman–Crippen LogP) is 5.31. The van der Waals surface area contributed by atoms with Crippen molar-refractivity contribution in [2.75, 3.05) is 7.11 Å². The maximum absolute atomic E-state index is 13.3. The largest absolute Gasteiger partial charge is 0.497 e. The van der Waals surface area contributed by atoms with Crippen LogP contribution in [0.4, 0.5) is 4.39 Å². The van der Waals surface area contributed by atoms with E-state index in [1.165, 1.54) is 12.1 Å². The Hall–Kier alpha value is -3.00. The summed E-state index contributed by atoms with van der Waals surface area (Å²) in [6, 6.07) is 19.0. The van der Waals surface area contributed by atoms with Crippen LogP contribution in [0.2, 0.25) is 0 Å². The van der Waals surface area contributed by atoms with Crippen molar-refractivity contribution in [1.29, 1.82) is 0 Å². The maximum atomic E-state index is 13.3. The number of hydrogen-bond acceptors (Lipinski definition) is 3. The highest BCUT2D eigenvalue weighted by molar-refractivity contribution is 14.1. The number of aromatic nitrogens is 2. The van der Waals surface area contributed by atoms with E-state index in [9.17, 15) is 9.18 Å². The standard InChI is InChI=1S/C23H16FIN2O2/c1-29-19-10-8-18(9-11-19)27-22(13-4-15-2-5-16(24)6-3-15)26-21-12-7-17(25)14-20(21)23(27)28/h2-14H,1H3/b13-4+. The minimum atomic E-state index is -0.296. The molecule has 4 rings (SSSR count). The first-order valence-electron chi connectivity index (χ1n) is 8.85. The van der Waals surface area contributed by atoms with Gasteiger partial charge in [0.2, 0.25) is 0 Å². The fourth-order valence-corrected chi connectivity index (χ4v) is 3.50. The Morgan fingerprint density at radius 2 is 1.72 bits per heavy atom. The van der Waals surface area contributed by atoms with Gasteiger partial charge in [0.25, 0.3) is 5.56 Å². The van der Waals surface area contributed by atoms with Crippen molar-refractivity contribution in [3.63, 3.8) is 0 Å². The summed E-state index contributed by atoms with van der Waals surface area (Å²) in [6.45, 7) is 0. The van der Waals surface area contributed by atoms with Crippen LogP contribution in [0.3, 0.4) is 0 Å². The zero-order valence-electron chi connectivity index (χ0n) is 15.5. The first-order chi connectivity index (χ1) is 14.0. The zero-order valence-corrected chi connectivity index (χ0v) is 17.6. The number of hydrogen-bond donors (Lipinski definition) is 0. The van der Waals surface area contributed by atoms with E-state index in [2.05, 4.69) is 22.6 Å². The van der Waals surface area contributed by atoms with E-state index in [1.54, 1.807) is 48.1 Å². The minimum Gasteiger partial charge on any atom is -0.497 e. The lowest BCUT2D eigenvalue weighted by molar-refractivity contribution is 0.414. The summed E-state index contributed by atoms with van der Waals surface area (Å²) in [5.41, 5.74) is 1.96. The Kier molecular flexibility index (Phi) is 5.44. The summed E-state index contributed by atoms with van der Waals surface area (Å²) in [6.07, 6.45) is 3.57. The Labute approximate surface area is 180 Å². The van der Waals surface area contributed by atoms with Gasteiger partial charge in [-0.2, -0.15) is 0 Å². The molecule has 0 unspecified atom stereocenters. The second-order valence-electron chi connectivity index (χ2n) is 6.35. The van der Waals surface area contributed by atoms with Crippen molar-refractivity contribution in [1.82, 2.24) is 9.55 Å². The summed E-state index contributed by atoms with van der Waals surface area (Å²) >= 11 is 2.18. The third kappa shape index (κ3) is 4.07. The molecular weight excluding hydrogens is 482 g/mol. The molecule has 0 amide bonds. The van der Waals surface area contributed by atoms with Crippen LogP contribution < -0.4 is 10.3 Å². The summed E-state index contributed by atoms with van der Waals surface area (Å²) in [4.78, 5) is 18.0. The lowest BCUT2D eigenvalue weighted by Crippen LogP contribution is -2.22. The van der Waals surface area contributed by atoms with E-state index < -0.39 is 0 Å². The average molecular weight is 498 g/mol. The Morgan fingerprint density at radius 1 is 1.00 bits per heavy atom. The van der Waals surface area contributed by atoms with Crippen molar-refractivity contribution in [2.45, 2.75) is 0 Å². The fraction of sp³-hybridized carbons (Fsp3) is 0.0435. The van der Waals surface area contributed by atoms with E-state index >= 15 is 0 Å². The normalized spacial score (nSPS) is 11.3. The topological polar surface area (TPSA) is 44.1 Å². The van der Waals surface area contributed by atoms with Crippen LogP contribution >= 0.6 is 22.6 Å². The molecule has 0 saturated heterocycles. The van der Waals surface area contributed by atoms with E-state index in [-0.39, 0.29) is 11.4 Å². The predicted molar refractivity (Wildman–Crippen MR) is 122 cm³/mol. The number of fused-ring (bicyclic) bond motifs is 1. The van der Waals surface area contributed by atoms with Gasteiger partial charge in [0.1, 0.15) is 17.4 Å². The molecule has 144 valence electrons. The molecule has 0 aliphatic rings. The van der Waals surface area contributed by atoms with Gasteiger partial charge < -0.3 is 4.74 Å². The van der Waals surface area contributed by atoms with Crippen LogP contribution in [0, 0.1) is 9.39 Å². The van der Waals surface area contributed by atoms with Gasteiger partial charge in [0.05, 0.1) is 23.7 Å². The molecule has 4 nitrogen and oxygen atoms in total. The summed E-state index contributed by atoms with van der Waals surface area (Å²) in [5.74, 6) is 0.891. The minimum absolute atomic E-state index is 0.155. The molecule has 1 heterocycles. The number of nitrogens with zero attached hydrogens (tertiary/aromatic N) is 2. The van der Waals surface area contributed by atoms with Gasteiger partial charge in [0.15, 0.2) is 0 Å². The average Bonchev–Trinajstić information content (AvgIpc) is 2.74. The SMILES string of the molecule is COc1ccc(-n2c(/C=C/c3ccc(F)cc3)nc3ccc(I)cc3c2=O)cc1. The van der Waals surface area contributed by atoms with Crippen molar-refractivity contribution in [3.05, 3.63) is 97.9 Å². The van der Waals surface area contributed by atoms with Gasteiger partial charge >= 0.3 is 0 Å². The van der Waals surface area contributed by atoms with Crippen LogP contribution in [0.25, 0.3) is 28.7 Å². The first kappa shape index (κ1) is 19.3. The van der Waals surface area contributed by atoms with E-state index in [4.69, 9.17) is 9.72 Å². The van der Waals surface area contributed by atoms with Gasteiger partial charge in [-0.1, -0.05) is 18.2 Å². The second kappa shape index (κ2) is 8.16. The molecule has 0 fully saturated rings. The summed E-state index contributed by atoms with van der Waals surface area (Å²) < 4.78 is 20.9. The number of halogens is 2. The Balaban J connectivity index is 1.91. The highest BCUT2D eigenvalue weighted by Gasteiger charge is 2.12. The molecule has 0 atom stereocenters. The molecule has 29 heavy (non-hydrogen) atoms. The van der Waals surface area contributed by atoms with Crippen molar-refractivity contribution in [3.8, 4) is 11.4 Å². The van der Waals surface area contributed by atoms with E-state index in [0.29, 0.717) is 28.2 Å². The summed E-state index contributed by atoms with van der Waals surface area (Å²) in [7, 11) is 1.59. The maximum Gasteiger partial charge on any atom is 0.266 e. The lowest BCUT2D eigenvalue weighted by atomic mass is 10.2. The Bertz CT molecular complexity index is 1260. The lowest BCUT2D eigenvalue weighted by Gasteiger charge is -2.12. The van der Waals surface area contributed by atoms with Crippen molar-refractivity contribution < 1.29 is 9.13 Å². The molecule has 6 heteroatoms. The molecule has 0 spiro atoms. The molecule has 1 aromatic heterocycles. The van der Waals surface area contributed by atoms with Gasteiger partial charge in [-0.3, -0.25) is 9.36 Å². The van der Waals surface area contributed by atoms with Crippen molar-refractivity contribution in [2.24, 2.45) is 0 Å². The van der Waals surface area contributed by atoms with Crippen molar-refractivity contribution >= 4 is 45.6 Å². The molecule has 0 N–H and O–H groups in total. The number of rotatable bonds is 4. The molecule has 0 aliphatic heterocycles.